The number of hydrogen-bond acceptors (Lipinski definition) is 7. The zero-order valence-corrected chi connectivity index (χ0v) is 19.4. The van der Waals surface area contributed by atoms with Crippen molar-refractivity contribution in [1.82, 2.24) is 15.1 Å². The number of carboxylic acids is 1. The number of hydrogen-bond donors (Lipinski definition) is 2. The Hall–Kier alpha value is -3.27. The molecule has 0 aliphatic carbocycles. The van der Waals surface area contributed by atoms with Gasteiger partial charge in [0.05, 0.1) is 4.70 Å². The first-order valence-corrected chi connectivity index (χ1v) is 11.5. The number of piperidine rings is 1. The van der Waals surface area contributed by atoms with E-state index in [9.17, 15) is 19.1 Å². The van der Waals surface area contributed by atoms with Gasteiger partial charge in [0.2, 0.25) is 0 Å². The maximum atomic E-state index is 13.7. The highest BCUT2D eigenvalue weighted by Gasteiger charge is 2.29. The first-order valence-electron chi connectivity index (χ1n) is 10.6. The van der Waals surface area contributed by atoms with Gasteiger partial charge in [0.15, 0.2) is 11.5 Å². The Morgan fingerprint density at radius 2 is 2.06 bits per heavy atom. The van der Waals surface area contributed by atoms with E-state index < -0.39 is 11.6 Å². The number of nitrogens with zero attached hydrogens (tertiary/aromatic N) is 3. The van der Waals surface area contributed by atoms with E-state index >= 15 is 0 Å². The summed E-state index contributed by atoms with van der Waals surface area (Å²) in [4.78, 5) is 26.6. The maximum Gasteiger partial charge on any atom is 0.410 e. The molecule has 1 aliphatic rings. The minimum atomic E-state index is -1.18. The SMILES string of the molecule is CC(C)(C)OC(=O)N1CCCC(Nc2nnc(C(=O)O)c3sc(-c4cccc(F)c4)cc23)C1. The maximum absolute atomic E-state index is 13.7. The summed E-state index contributed by atoms with van der Waals surface area (Å²) in [5.74, 6) is -1.12. The van der Waals surface area contributed by atoms with Gasteiger partial charge >= 0.3 is 12.1 Å². The van der Waals surface area contributed by atoms with E-state index in [1.807, 2.05) is 20.8 Å². The number of likely N-dealkylation sites (tertiary alicyclic amines) is 1. The number of carbonyl (C=O) groups excluding carboxylic acids is 1. The van der Waals surface area contributed by atoms with Gasteiger partial charge < -0.3 is 20.1 Å². The summed E-state index contributed by atoms with van der Waals surface area (Å²) in [5.41, 5.74) is -0.0827. The standard InChI is InChI=1S/C23H25FN4O4S/c1-23(2,3)32-22(31)28-9-5-8-15(12-28)25-20-16-11-17(13-6-4-7-14(24)10-13)33-19(16)18(21(29)30)26-27-20/h4,6-7,10-11,15H,5,8-9,12H2,1-3H3,(H,25,27)(H,29,30). The van der Waals surface area contributed by atoms with E-state index in [0.717, 1.165) is 12.8 Å². The second-order valence-corrected chi connectivity index (χ2v) is 10.0. The summed E-state index contributed by atoms with van der Waals surface area (Å²) in [6.45, 7) is 6.52. The van der Waals surface area contributed by atoms with Crippen LogP contribution in [0.1, 0.15) is 44.1 Å². The van der Waals surface area contributed by atoms with Gasteiger partial charge in [0.25, 0.3) is 0 Å². The van der Waals surface area contributed by atoms with Gasteiger partial charge in [0.1, 0.15) is 11.4 Å². The first kappa shape index (κ1) is 22.9. The lowest BCUT2D eigenvalue weighted by molar-refractivity contribution is 0.0206. The molecule has 1 saturated heterocycles. The highest BCUT2D eigenvalue weighted by molar-refractivity contribution is 7.22. The quantitative estimate of drug-likeness (QED) is 0.550. The smallest absolute Gasteiger partial charge is 0.410 e. The first-order chi connectivity index (χ1) is 15.6. The van der Waals surface area contributed by atoms with E-state index in [1.165, 1.54) is 23.5 Å². The summed E-state index contributed by atoms with van der Waals surface area (Å²) in [5, 5.41) is 21.6. The number of aromatic carboxylic acids is 1. The number of carboxylic acid groups (broad SMARTS) is 1. The predicted molar refractivity (Wildman–Crippen MR) is 124 cm³/mol. The van der Waals surface area contributed by atoms with Crippen molar-refractivity contribution in [3.05, 3.63) is 41.8 Å². The van der Waals surface area contributed by atoms with E-state index in [2.05, 4.69) is 15.5 Å². The third kappa shape index (κ3) is 5.22. The van der Waals surface area contributed by atoms with Crippen LogP contribution in [0.25, 0.3) is 20.5 Å². The van der Waals surface area contributed by atoms with E-state index in [0.29, 0.717) is 39.4 Å². The van der Waals surface area contributed by atoms with Crippen molar-refractivity contribution >= 4 is 39.3 Å². The molecule has 1 atom stereocenters. The topological polar surface area (TPSA) is 105 Å². The van der Waals surface area contributed by atoms with Crippen LogP contribution < -0.4 is 5.32 Å². The molecule has 4 rings (SSSR count). The van der Waals surface area contributed by atoms with Crippen molar-refractivity contribution in [3.63, 3.8) is 0 Å². The lowest BCUT2D eigenvalue weighted by Crippen LogP contribution is -2.47. The Bertz CT molecular complexity index is 1210. The molecule has 3 aromatic rings. The molecule has 0 radical (unpaired) electrons. The fourth-order valence-electron chi connectivity index (χ4n) is 3.75. The number of fused-ring (bicyclic) bond motifs is 1. The van der Waals surface area contributed by atoms with Crippen LogP contribution in [-0.2, 0) is 4.74 Å². The lowest BCUT2D eigenvalue weighted by Gasteiger charge is -2.34. The monoisotopic (exact) mass is 472 g/mol. The normalized spacial score (nSPS) is 16.6. The molecule has 1 unspecified atom stereocenters. The van der Waals surface area contributed by atoms with Crippen LogP contribution in [-0.4, -0.2) is 57.0 Å². The van der Waals surface area contributed by atoms with Crippen LogP contribution in [0.3, 0.4) is 0 Å². The molecular weight excluding hydrogens is 447 g/mol. The molecule has 10 heteroatoms. The van der Waals surface area contributed by atoms with Crippen molar-refractivity contribution in [2.24, 2.45) is 0 Å². The molecular formula is C23H25FN4O4S. The highest BCUT2D eigenvalue weighted by atomic mass is 32.1. The molecule has 1 aliphatic heterocycles. The average Bonchev–Trinajstić information content (AvgIpc) is 3.18. The molecule has 0 bridgehead atoms. The number of carbonyl (C=O) groups is 2. The van der Waals surface area contributed by atoms with Crippen molar-refractivity contribution in [3.8, 4) is 10.4 Å². The van der Waals surface area contributed by atoms with Gasteiger partial charge in [-0.25, -0.2) is 14.0 Å². The zero-order chi connectivity index (χ0) is 23.8. The van der Waals surface area contributed by atoms with Gasteiger partial charge in [-0.2, -0.15) is 0 Å². The zero-order valence-electron chi connectivity index (χ0n) is 18.6. The molecule has 0 spiro atoms. The Labute approximate surface area is 194 Å². The molecule has 2 aromatic heterocycles. The Morgan fingerprint density at radius 1 is 1.27 bits per heavy atom. The summed E-state index contributed by atoms with van der Waals surface area (Å²) < 4.78 is 19.7. The summed E-state index contributed by atoms with van der Waals surface area (Å²) in [6, 6.07) is 7.83. The van der Waals surface area contributed by atoms with E-state index in [1.54, 1.807) is 23.1 Å². The largest absolute Gasteiger partial charge is 0.476 e. The lowest BCUT2D eigenvalue weighted by atomic mass is 10.1. The number of halogens is 1. The van der Waals surface area contributed by atoms with Crippen LogP contribution >= 0.6 is 11.3 Å². The van der Waals surface area contributed by atoms with Crippen molar-refractivity contribution < 1.29 is 23.8 Å². The van der Waals surface area contributed by atoms with Gasteiger partial charge in [0, 0.05) is 29.4 Å². The predicted octanol–water partition coefficient (Wildman–Crippen LogP) is 5.01. The number of aromatic nitrogens is 2. The third-order valence-corrected chi connectivity index (χ3v) is 6.37. The van der Waals surface area contributed by atoms with Crippen LogP contribution in [0.4, 0.5) is 15.0 Å². The van der Waals surface area contributed by atoms with Gasteiger partial charge in [-0.1, -0.05) is 12.1 Å². The number of nitrogens with one attached hydrogen (secondary N) is 1. The van der Waals surface area contributed by atoms with Gasteiger partial charge in [-0.3, -0.25) is 0 Å². The number of amides is 1. The number of anilines is 1. The Kier molecular flexibility index (Phi) is 6.20. The number of ether oxygens (including phenoxy) is 1. The molecule has 1 aromatic carbocycles. The van der Waals surface area contributed by atoms with E-state index in [-0.39, 0.29) is 23.6 Å². The molecule has 1 fully saturated rings. The average molecular weight is 473 g/mol. The van der Waals surface area contributed by atoms with E-state index in [4.69, 9.17) is 4.74 Å². The minimum Gasteiger partial charge on any atom is -0.476 e. The van der Waals surface area contributed by atoms with Crippen LogP contribution in [0.5, 0.6) is 0 Å². The number of benzene rings is 1. The number of rotatable bonds is 4. The van der Waals surface area contributed by atoms with Gasteiger partial charge in [-0.05, 0) is 57.4 Å². The number of thiophene rings is 1. The van der Waals surface area contributed by atoms with Crippen molar-refractivity contribution in [2.45, 2.75) is 45.3 Å². The molecule has 2 N–H and O–H groups in total. The molecule has 0 saturated carbocycles. The fourth-order valence-corrected chi connectivity index (χ4v) is 4.89. The molecule has 3 heterocycles. The van der Waals surface area contributed by atoms with Crippen molar-refractivity contribution in [2.75, 3.05) is 18.4 Å². The minimum absolute atomic E-state index is 0.100. The van der Waals surface area contributed by atoms with Crippen LogP contribution in [0, 0.1) is 5.82 Å². The fraction of sp³-hybridized carbons (Fsp3) is 0.391. The summed E-state index contributed by atoms with van der Waals surface area (Å²) in [6.07, 6.45) is 1.23. The summed E-state index contributed by atoms with van der Waals surface area (Å²) in [7, 11) is 0. The van der Waals surface area contributed by atoms with Crippen LogP contribution in [0.2, 0.25) is 0 Å². The Balaban J connectivity index is 1.63. The van der Waals surface area contributed by atoms with Gasteiger partial charge in [-0.15, -0.1) is 21.5 Å². The van der Waals surface area contributed by atoms with Crippen LogP contribution in [0.15, 0.2) is 30.3 Å². The third-order valence-electron chi connectivity index (χ3n) is 5.18. The molecule has 174 valence electrons. The molecule has 1 amide bonds. The molecule has 8 nitrogen and oxygen atoms in total. The highest BCUT2D eigenvalue weighted by Crippen LogP contribution is 2.38. The summed E-state index contributed by atoms with van der Waals surface area (Å²) >= 11 is 1.23. The Morgan fingerprint density at radius 3 is 2.76 bits per heavy atom. The molecule has 33 heavy (non-hydrogen) atoms. The second-order valence-electron chi connectivity index (χ2n) is 8.98. The second kappa shape index (κ2) is 8.93. The van der Waals surface area contributed by atoms with Crippen molar-refractivity contribution in [1.29, 1.82) is 0 Å².